The molecular formula is C5H9N3Ta. The Morgan fingerprint density at radius 1 is 1.11 bits per heavy atom. The summed E-state index contributed by atoms with van der Waals surface area (Å²) in [5.41, 5.74) is 13.5. The predicted octanol–water partition coefficient (Wildman–Crippen LogP) is 2.63. The standard InChI is InChI=1S/C5H9.N3.Ta/c1-2-4-5-3-1;1-3-2;/h1H,2-5H2;;/q2*-1;+2. The van der Waals surface area contributed by atoms with E-state index in [0.717, 1.165) is 0 Å². The first-order valence-corrected chi connectivity index (χ1v) is 2.72. The van der Waals surface area contributed by atoms with Crippen molar-refractivity contribution >= 4 is 0 Å². The van der Waals surface area contributed by atoms with Crippen LogP contribution in [-0.2, 0) is 22.4 Å². The van der Waals surface area contributed by atoms with Gasteiger partial charge in [0.15, 0.2) is 0 Å². The molecule has 3 nitrogen and oxygen atoms in total. The molecule has 1 radical (unpaired) electrons. The molecule has 0 aromatic carbocycles. The van der Waals surface area contributed by atoms with E-state index in [0.29, 0.717) is 0 Å². The van der Waals surface area contributed by atoms with Gasteiger partial charge in [0.2, 0.25) is 0 Å². The monoisotopic (exact) mass is 292 g/mol. The fourth-order valence-electron chi connectivity index (χ4n) is 0.722. The average molecular weight is 292 g/mol. The third-order valence-corrected chi connectivity index (χ3v) is 1.07. The maximum atomic E-state index is 6.75. The van der Waals surface area contributed by atoms with Gasteiger partial charge in [-0.25, -0.2) is 0 Å². The molecule has 1 saturated carbocycles. The second kappa shape index (κ2) is 10.9. The first-order chi connectivity index (χ1) is 3.91. The minimum Gasteiger partial charge on any atom is -0.373 e. The van der Waals surface area contributed by atoms with Crippen molar-refractivity contribution in [3.05, 3.63) is 22.4 Å². The fourth-order valence-corrected chi connectivity index (χ4v) is 0.722. The molecule has 9 heavy (non-hydrogen) atoms. The summed E-state index contributed by atoms with van der Waals surface area (Å²) in [4.78, 5) is 1.50. The Hall–Kier alpha value is 0.0503. The van der Waals surface area contributed by atoms with E-state index in [9.17, 15) is 0 Å². The smallest absolute Gasteiger partial charge is 0.373 e. The van der Waals surface area contributed by atoms with E-state index in [2.05, 4.69) is 6.42 Å². The van der Waals surface area contributed by atoms with Gasteiger partial charge in [0.1, 0.15) is 0 Å². The van der Waals surface area contributed by atoms with Crippen molar-refractivity contribution in [3.63, 3.8) is 0 Å². The third kappa shape index (κ3) is 11.6. The second-order valence-corrected chi connectivity index (χ2v) is 1.66. The zero-order valence-corrected chi connectivity index (χ0v) is 8.41. The molecule has 1 aliphatic carbocycles. The summed E-state index contributed by atoms with van der Waals surface area (Å²) in [7, 11) is 0. The largest absolute Gasteiger partial charge is 2.00 e. The van der Waals surface area contributed by atoms with Crippen LogP contribution >= 0.6 is 0 Å². The summed E-state index contributed by atoms with van der Waals surface area (Å²) in [6.45, 7) is 0. The summed E-state index contributed by atoms with van der Waals surface area (Å²) < 4.78 is 0. The van der Waals surface area contributed by atoms with Gasteiger partial charge >= 0.3 is 22.4 Å². The topological polar surface area (TPSA) is 58.7 Å². The van der Waals surface area contributed by atoms with Crippen molar-refractivity contribution < 1.29 is 22.4 Å². The van der Waals surface area contributed by atoms with Gasteiger partial charge in [-0.2, -0.15) is 12.8 Å². The molecule has 1 rings (SSSR count). The minimum atomic E-state index is 0. The number of rotatable bonds is 0. The summed E-state index contributed by atoms with van der Waals surface area (Å²) in [5.74, 6) is 0. The summed E-state index contributed by atoms with van der Waals surface area (Å²) in [6, 6.07) is 0. The first-order valence-electron chi connectivity index (χ1n) is 2.72. The molecule has 0 saturated heterocycles. The van der Waals surface area contributed by atoms with Gasteiger partial charge in [0.25, 0.3) is 0 Å². The van der Waals surface area contributed by atoms with E-state index in [1.54, 1.807) is 0 Å². The second-order valence-electron chi connectivity index (χ2n) is 1.66. The Bertz CT molecular complexity index is 66.7. The Kier molecular flexibility index (Phi) is 14.3. The summed E-state index contributed by atoms with van der Waals surface area (Å²) in [6.07, 6.45) is 8.00. The van der Waals surface area contributed by atoms with Gasteiger partial charge < -0.3 is 17.5 Å². The van der Waals surface area contributed by atoms with Crippen molar-refractivity contribution in [1.29, 1.82) is 0 Å². The van der Waals surface area contributed by atoms with E-state index < -0.39 is 0 Å². The molecule has 0 atom stereocenters. The molecule has 0 aromatic heterocycles. The van der Waals surface area contributed by atoms with Gasteiger partial charge in [0.05, 0.1) is 0 Å². The van der Waals surface area contributed by atoms with Gasteiger partial charge in [-0.15, -0.1) is 0 Å². The molecule has 0 bridgehead atoms. The average Bonchev–Trinajstić information content (AvgIpc) is 2.17. The molecule has 4 heteroatoms. The maximum Gasteiger partial charge on any atom is 2.00 e. The van der Waals surface area contributed by atoms with Gasteiger partial charge in [0, 0.05) is 0 Å². The van der Waals surface area contributed by atoms with Crippen LogP contribution in [0, 0.1) is 6.42 Å². The Morgan fingerprint density at radius 2 is 1.44 bits per heavy atom. The molecule has 0 spiro atoms. The van der Waals surface area contributed by atoms with Gasteiger partial charge in [-0.05, 0) is 0 Å². The number of hydrogen-bond donors (Lipinski definition) is 0. The quantitative estimate of drug-likeness (QED) is 0.285. The van der Waals surface area contributed by atoms with Crippen LogP contribution in [0.4, 0.5) is 0 Å². The van der Waals surface area contributed by atoms with Crippen molar-refractivity contribution in [2.45, 2.75) is 25.7 Å². The first kappa shape index (κ1) is 11.8. The van der Waals surface area contributed by atoms with Crippen LogP contribution in [0.5, 0.6) is 0 Å². The fraction of sp³-hybridized carbons (Fsp3) is 0.800. The van der Waals surface area contributed by atoms with Crippen molar-refractivity contribution in [3.8, 4) is 0 Å². The van der Waals surface area contributed by atoms with Crippen LogP contribution in [0.15, 0.2) is 0 Å². The van der Waals surface area contributed by atoms with Crippen LogP contribution in [0.3, 0.4) is 0 Å². The molecule has 0 unspecified atom stereocenters. The molecule has 0 aromatic rings. The van der Waals surface area contributed by atoms with Crippen molar-refractivity contribution in [2.75, 3.05) is 0 Å². The van der Waals surface area contributed by atoms with Crippen LogP contribution < -0.4 is 0 Å². The predicted molar refractivity (Wildman–Crippen MR) is 32.8 cm³/mol. The maximum absolute atomic E-state index is 6.75. The molecule has 49 valence electrons. The van der Waals surface area contributed by atoms with E-state index in [4.69, 9.17) is 11.1 Å². The van der Waals surface area contributed by atoms with Gasteiger partial charge in [-0.3, -0.25) is 4.91 Å². The molecular weight excluding hydrogens is 283 g/mol. The van der Waals surface area contributed by atoms with E-state index in [-0.39, 0.29) is 22.4 Å². The van der Waals surface area contributed by atoms with E-state index in [1.807, 2.05) is 0 Å². The normalized spacial score (nSPS) is 14.2. The van der Waals surface area contributed by atoms with Crippen molar-refractivity contribution in [1.82, 2.24) is 0 Å². The summed E-state index contributed by atoms with van der Waals surface area (Å²) in [5, 5.41) is 0. The van der Waals surface area contributed by atoms with Crippen LogP contribution in [0.2, 0.25) is 0 Å². The molecule has 0 heterocycles. The molecule has 0 N–H and O–H groups in total. The SMILES string of the molecule is [CH-]1CCCC1.[N-]=[N+]=[N-].[Ta+2]. The van der Waals surface area contributed by atoms with Crippen LogP contribution in [0.25, 0.3) is 16.0 Å². The number of hydrogen-bond acceptors (Lipinski definition) is 0. The number of nitrogens with zero attached hydrogens (tertiary/aromatic N) is 3. The third-order valence-electron chi connectivity index (χ3n) is 1.07. The van der Waals surface area contributed by atoms with Crippen molar-refractivity contribution in [2.24, 2.45) is 0 Å². The van der Waals surface area contributed by atoms with Crippen LogP contribution in [0.1, 0.15) is 25.7 Å². The Labute approximate surface area is 70.8 Å². The molecule has 0 aliphatic heterocycles. The van der Waals surface area contributed by atoms with E-state index in [1.165, 1.54) is 30.6 Å². The Balaban J connectivity index is 0. The zero-order valence-electron chi connectivity index (χ0n) is 5.19. The zero-order chi connectivity index (χ0) is 6.24. The van der Waals surface area contributed by atoms with Crippen LogP contribution in [-0.4, -0.2) is 0 Å². The Morgan fingerprint density at radius 3 is 1.56 bits per heavy atom. The molecule has 0 amide bonds. The van der Waals surface area contributed by atoms with E-state index >= 15 is 0 Å². The minimum absolute atomic E-state index is 0. The molecule has 1 aliphatic rings. The molecule has 1 fully saturated rings. The van der Waals surface area contributed by atoms with Gasteiger partial charge in [-0.1, -0.05) is 12.8 Å². The summed E-state index contributed by atoms with van der Waals surface area (Å²) >= 11 is 0.